The quantitative estimate of drug-likeness (QED) is 0.924. The summed E-state index contributed by atoms with van der Waals surface area (Å²) in [5, 5.41) is 11.1. The summed E-state index contributed by atoms with van der Waals surface area (Å²) in [7, 11) is 0. The van der Waals surface area contributed by atoms with Gasteiger partial charge in [0.1, 0.15) is 6.04 Å². The highest BCUT2D eigenvalue weighted by Gasteiger charge is 2.41. The number of carbonyl (C=O) groups is 1. The molecule has 24 heavy (non-hydrogen) atoms. The molecule has 3 heterocycles. The van der Waals surface area contributed by atoms with Gasteiger partial charge in [-0.15, -0.1) is 10.2 Å². The van der Waals surface area contributed by atoms with Crippen LogP contribution in [0.4, 0.5) is 0 Å². The molecule has 130 valence electrons. The molecule has 3 rings (SSSR count). The summed E-state index contributed by atoms with van der Waals surface area (Å²) in [5.74, 6) is 0.966. The highest BCUT2D eigenvalue weighted by atomic mass is 16.5. The molecule has 0 saturated carbocycles. The standard InChI is InChI=1S/C17H23N3O4/c1-10(18-14(21)12-6-5-8-22-12)15-19-20-16(24-15)11-7-9-23-13(11)17(2,3)4/h5-6,8,10-11,13H,7,9H2,1-4H3,(H,18,21)/t10?,11-,13-/m0/s1. The Morgan fingerprint density at radius 1 is 1.38 bits per heavy atom. The Morgan fingerprint density at radius 2 is 2.17 bits per heavy atom. The molecule has 0 spiro atoms. The third-order valence-electron chi connectivity index (χ3n) is 4.18. The summed E-state index contributed by atoms with van der Waals surface area (Å²) in [5.41, 5.74) is -0.00504. The fraction of sp³-hybridized carbons (Fsp3) is 0.588. The lowest BCUT2D eigenvalue weighted by atomic mass is 9.81. The maximum Gasteiger partial charge on any atom is 0.287 e. The van der Waals surface area contributed by atoms with Gasteiger partial charge in [0, 0.05) is 6.61 Å². The van der Waals surface area contributed by atoms with E-state index < -0.39 is 6.04 Å². The monoisotopic (exact) mass is 333 g/mol. The molecule has 0 aromatic carbocycles. The first-order valence-electron chi connectivity index (χ1n) is 8.15. The maximum atomic E-state index is 12.0. The molecule has 1 aliphatic heterocycles. The molecule has 2 aromatic rings. The lowest BCUT2D eigenvalue weighted by Gasteiger charge is -2.29. The minimum absolute atomic E-state index is 0.00504. The molecular weight excluding hydrogens is 310 g/mol. The summed E-state index contributed by atoms with van der Waals surface area (Å²) in [4.78, 5) is 12.0. The second-order valence-corrected chi connectivity index (χ2v) is 7.20. The van der Waals surface area contributed by atoms with Crippen molar-refractivity contribution in [1.29, 1.82) is 0 Å². The fourth-order valence-electron chi connectivity index (χ4n) is 3.00. The topological polar surface area (TPSA) is 90.4 Å². The Balaban J connectivity index is 1.70. The first kappa shape index (κ1) is 16.7. The van der Waals surface area contributed by atoms with Gasteiger partial charge in [0.25, 0.3) is 5.91 Å². The van der Waals surface area contributed by atoms with Crippen molar-refractivity contribution in [2.24, 2.45) is 5.41 Å². The number of hydrogen-bond acceptors (Lipinski definition) is 6. The van der Waals surface area contributed by atoms with Gasteiger partial charge in [0.05, 0.1) is 18.3 Å². The van der Waals surface area contributed by atoms with Crippen LogP contribution in [-0.4, -0.2) is 28.8 Å². The average Bonchev–Trinajstić information content (AvgIpc) is 3.25. The van der Waals surface area contributed by atoms with Crippen molar-refractivity contribution in [3.8, 4) is 0 Å². The highest BCUT2D eigenvalue weighted by Crippen LogP contribution is 2.40. The van der Waals surface area contributed by atoms with E-state index in [0.717, 1.165) is 6.42 Å². The first-order valence-corrected chi connectivity index (χ1v) is 8.15. The molecule has 1 amide bonds. The number of amides is 1. The molecule has 7 nitrogen and oxygen atoms in total. The van der Waals surface area contributed by atoms with Crippen LogP contribution in [0.5, 0.6) is 0 Å². The summed E-state index contributed by atoms with van der Waals surface area (Å²) in [6.45, 7) is 8.90. The maximum absolute atomic E-state index is 12.0. The van der Waals surface area contributed by atoms with Crippen LogP contribution in [0.3, 0.4) is 0 Å². The predicted molar refractivity (Wildman–Crippen MR) is 85.4 cm³/mol. The van der Waals surface area contributed by atoms with Crippen molar-refractivity contribution < 1.29 is 18.4 Å². The van der Waals surface area contributed by atoms with Crippen molar-refractivity contribution in [2.45, 2.75) is 52.2 Å². The molecule has 2 aromatic heterocycles. The van der Waals surface area contributed by atoms with Crippen molar-refractivity contribution in [1.82, 2.24) is 15.5 Å². The van der Waals surface area contributed by atoms with Crippen LogP contribution in [0.15, 0.2) is 27.2 Å². The SMILES string of the molecule is CC(NC(=O)c1ccco1)c1nnc([C@H]2CCO[C@@H]2C(C)(C)C)o1. The summed E-state index contributed by atoms with van der Waals surface area (Å²) in [6, 6.07) is 2.86. The number of ether oxygens (including phenoxy) is 1. The third kappa shape index (κ3) is 3.36. The number of nitrogens with zero attached hydrogens (tertiary/aromatic N) is 2. The molecule has 1 saturated heterocycles. The fourth-order valence-corrected chi connectivity index (χ4v) is 3.00. The normalized spacial score (nSPS) is 22.5. The molecule has 0 bridgehead atoms. The van der Waals surface area contributed by atoms with E-state index in [1.54, 1.807) is 19.1 Å². The third-order valence-corrected chi connectivity index (χ3v) is 4.18. The second-order valence-electron chi connectivity index (χ2n) is 7.20. The van der Waals surface area contributed by atoms with Crippen LogP contribution in [0.2, 0.25) is 0 Å². The Hall–Kier alpha value is -2.15. The zero-order valence-electron chi connectivity index (χ0n) is 14.4. The molecule has 1 unspecified atom stereocenters. The van der Waals surface area contributed by atoms with Gasteiger partial charge in [-0.05, 0) is 30.9 Å². The van der Waals surface area contributed by atoms with Gasteiger partial charge in [-0.25, -0.2) is 0 Å². The highest BCUT2D eigenvalue weighted by molar-refractivity contribution is 5.91. The molecule has 1 fully saturated rings. The van der Waals surface area contributed by atoms with E-state index in [0.29, 0.717) is 18.4 Å². The number of nitrogens with one attached hydrogen (secondary N) is 1. The van der Waals surface area contributed by atoms with Gasteiger partial charge in [0.15, 0.2) is 5.76 Å². The Morgan fingerprint density at radius 3 is 2.83 bits per heavy atom. The van der Waals surface area contributed by atoms with Gasteiger partial charge in [-0.1, -0.05) is 20.8 Å². The largest absolute Gasteiger partial charge is 0.459 e. The summed E-state index contributed by atoms with van der Waals surface area (Å²) < 4.78 is 16.8. The molecule has 1 aliphatic rings. The van der Waals surface area contributed by atoms with Crippen molar-refractivity contribution in [3.05, 3.63) is 35.9 Å². The Bertz CT molecular complexity index is 687. The number of carbonyl (C=O) groups excluding carboxylic acids is 1. The van der Waals surface area contributed by atoms with Gasteiger partial charge in [0.2, 0.25) is 11.8 Å². The Labute approximate surface area is 140 Å². The first-order chi connectivity index (χ1) is 11.4. The molecule has 0 aliphatic carbocycles. The van der Waals surface area contributed by atoms with Gasteiger partial charge in [-0.3, -0.25) is 4.79 Å². The molecular formula is C17H23N3O4. The van der Waals surface area contributed by atoms with Crippen molar-refractivity contribution in [2.75, 3.05) is 6.61 Å². The number of rotatable bonds is 4. The van der Waals surface area contributed by atoms with E-state index in [2.05, 4.69) is 36.3 Å². The Kier molecular flexibility index (Phi) is 4.45. The molecule has 3 atom stereocenters. The van der Waals surface area contributed by atoms with E-state index in [-0.39, 0.29) is 29.1 Å². The number of aromatic nitrogens is 2. The zero-order chi connectivity index (χ0) is 17.3. The number of hydrogen-bond donors (Lipinski definition) is 1. The lowest BCUT2D eigenvalue weighted by Crippen LogP contribution is -2.30. The van der Waals surface area contributed by atoms with Gasteiger partial charge >= 0.3 is 0 Å². The van der Waals surface area contributed by atoms with Crippen LogP contribution >= 0.6 is 0 Å². The van der Waals surface area contributed by atoms with E-state index >= 15 is 0 Å². The zero-order valence-corrected chi connectivity index (χ0v) is 14.4. The lowest BCUT2D eigenvalue weighted by molar-refractivity contribution is 0.0169. The average molecular weight is 333 g/mol. The van der Waals surface area contributed by atoms with E-state index in [9.17, 15) is 4.79 Å². The molecule has 0 radical (unpaired) electrons. The van der Waals surface area contributed by atoms with Gasteiger partial charge < -0.3 is 18.9 Å². The minimum Gasteiger partial charge on any atom is -0.459 e. The van der Waals surface area contributed by atoms with Crippen LogP contribution in [0, 0.1) is 5.41 Å². The summed E-state index contributed by atoms with van der Waals surface area (Å²) >= 11 is 0. The van der Waals surface area contributed by atoms with E-state index in [4.69, 9.17) is 13.6 Å². The summed E-state index contributed by atoms with van der Waals surface area (Å²) in [6.07, 6.45) is 2.35. The number of furan rings is 1. The molecule has 1 N–H and O–H groups in total. The van der Waals surface area contributed by atoms with E-state index in [1.165, 1.54) is 6.26 Å². The second kappa shape index (κ2) is 6.39. The van der Waals surface area contributed by atoms with E-state index in [1.807, 2.05) is 0 Å². The van der Waals surface area contributed by atoms with Crippen LogP contribution in [-0.2, 0) is 4.74 Å². The van der Waals surface area contributed by atoms with Crippen LogP contribution < -0.4 is 5.32 Å². The predicted octanol–water partition coefficient (Wildman–Crippen LogP) is 3.07. The minimum atomic E-state index is -0.403. The van der Waals surface area contributed by atoms with Crippen LogP contribution in [0.25, 0.3) is 0 Å². The van der Waals surface area contributed by atoms with Crippen molar-refractivity contribution in [3.63, 3.8) is 0 Å². The van der Waals surface area contributed by atoms with Gasteiger partial charge in [-0.2, -0.15) is 0 Å². The van der Waals surface area contributed by atoms with Crippen molar-refractivity contribution >= 4 is 5.91 Å². The smallest absolute Gasteiger partial charge is 0.287 e. The molecule has 7 heteroatoms. The van der Waals surface area contributed by atoms with Crippen LogP contribution in [0.1, 0.15) is 68.4 Å².